The molecule has 0 aliphatic rings. The highest BCUT2D eigenvalue weighted by molar-refractivity contribution is 7.98. The maximum atomic E-state index is 10.9. The Morgan fingerprint density at radius 3 is 2.75 bits per heavy atom. The van der Waals surface area contributed by atoms with Crippen LogP contribution in [0.25, 0.3) is 0 Å². The fourth-order valence-corrected chi connectivity index (χ4v) is 1.97. The zero-order chi connectivity index (χ0) is 12.2. The number of ether oxygens (including phenoxy) is 2. The van der Waals surface area contributed by atoms with E-state index in [2.05, 4.69) is 18.5 Å². The van der Waals surface area contributed by atoms with Crippen LogP contribution >= 0.6 is 11.8 Å². The van der Waals surface area contributed by atoms with Gasteiger partial charge >= 0.3 is 5.97 Å². The van der Waals surface area contributed by atoms with Crippen molar-refractivity contribution in [1.29, 1.82) is 0 Å². The van der Waals surface area contributed by atoms with Crippen LogP contribution < -0.4 is 5.32 Å². The van der Waals surface area contributed by atoms with E-state index in [9.17, 15) is 4.79 Å². The average molecular weight is 249 g/mol. The molecule has 4 nitrogen and oxygen atoms in total. The molecule has 0 heterocycles. The Kier molecular flexibility index (Phi) is 11.0. The minimum atomic E-state index is -0.293. The monoisotopic (exact) mass is 249 g/mol. The zero-order valence-corrected chi connectivity index (χ0v) is 11.3. The van der Waals surface area contributed by atoms with Crippen molar-refractivity contribution in [3.63, 3.8) is 0 Å². The van der Waals surface area contributed by atoms with Crippen LogP contribution in [-0.4, -0.2) is 50.4 Å². The third-order valence-electron chi connectivity index (χ3n) is 2.07. The largest absolute Gasteiger partial charge is 0.464 e. The van der Waals surface area contributed by atoms with Gasteiger partial charge < -0.3 is 14.8 Å². The van der Waals surface area contributed by atoms with Crippen molar-refractivity contribution in [2.24, 2.45) is 0 Å². The van der Waals surface area contributed by atoms with E-state index in [1.807, 2.05) is 11.8 Å². The number of rotatable bonds is 10. The second-order valence-electron chi connectivity index (χ2n) is 3.37. The first-order chi connectivity index (χ1) is 7.74. The number of nitrogens with one attached hydrogen (secondary N) is 1. The molecule has 16 heavy (non-hydrogen) atoms. The molecular formula is C11H23NO3S. The lowest BCUT2D eigenvalue weighted by Gasteiger charge is -2.15. The molecule has 0 saturated heterocycles. The van der Waals surface area contributed by atoms with Crippen LogP contribution in [0.5, 0.6) is 0 Å². The second-order valence-corrected chi connectivity index (χ2v) is 4.28. The number of hydrogen-bond acceptors (Lipinski definition) is 5. The van der Waals surface area contributed by atoms with Gasteiger partial charge in [-0.1, -0.05) is 6.92 Å². The number of esters is 1. The van der Waals surface area contributed by atoms with Gasteiger partial charge in [0.05, 0.1) is 13.2 Å². The molecule has 1 unspecified atom stereocenters. The lowest BCUT2D eigenvalue weighted by atomic mass is 10.2. The van der Waals surface area contributed by atoms with E-state index in [0.717, 1.165) is 18.7 Å². The summed E-state index contributed by atoms with van der Waals surface area (Å²) in [7, 11) is 0. The SMILES string of the molecule is CCOC(=O)COCCNC(CC)CSC. The highest BCUT2D eigenvalue weighted by Crippen LogP contribution is 2.00. The quantitative estimate of drug-likeness (QED) is 0.467. The minimum absolute atomic E-state index is 0.0504. The van der Waals surface area contributed by atoms with Gasteiger partial charge in [-0.25, -0.2) is 4.79 Å². The van der Waals surface area contributed by atoms with E-state index in [4.69, 9.17) is 9.47 Å². The van der Waals surface area contributed by atoms with Gasteiger partial charge in [-0.05, 0) is 19.6 Å². The van der Waals surface area contributed by atoms with Gasteiger partial charge in [0.15, 0.2) is 0 Å². The first kappa shape index (κ1) is 15.7. The van der Waals surface area contributed by atoms with E-state index in [1.165, 1.54) is 0 Å². The lowest BCUT2D eigenvalue weighted by molar-refractivity contribution is -0.148. The predicted octanol–water partition coefficient (Wildman–Crippen LogP) is 1.30. The molecule has 0 aromatic heterocycles. The van der Waals surface area contributed by atoms with Gasteiger partial charge in [0.2, 0.25) is 0 Å². The molecular weight excluding hydrogens is 226 g/mol. The Bertz CT molecular complexity index is 179. The van der Waals surface area contributed by atoms with Crippen molar-refractivity contribution in [2.75, 3.05) is 38.4 Å². The van der Waals surface area contributed by atoms with Gasteiger partial charge in [0.25, 0.3) is 0 Å². The van der Waals surface area contributed by atoms with Crippen molar-refractivity contribution in [3.05, 3.63) is 0 Å². The molecule has 0 spiro atoms. The molecule has 0 fully saturated rings. The fraction of sp³-hybridized carbons (Fsp3) is 0.909. The summed E-state index contributed by atoms with van der Waals surface area (Å²) in [5.74, 6) is 0.813. The van der Waals surface area contributed by atoms with E-state index in [-0.39, 0.29) is 12.6 Å². The van der Waals surface area contributed by atoms with Crippen molar-refractivity contribution in [1.82, 2.24) is 5.32 Å². The molecule has 0 aromatic carbocycles. The molecule has 1 atom stereocenters. The number of carbonyl (C=O) groups excluding carboxylic acids is 1. The van der Waals surface area contributed by atoms with Gasteiger partial charge in [-0.3, -0.25) is 0 Å². The third kappa shape index (κ3) is 9.00. The van der Waals surface area contributed by atoms with E-state index < -0.39 is 0 Å². The average Bonchev–Trinajstić information content (AvgIpc) is 2.27. The topological polar surface area (TPSA) is 47.6 Å². The van der Waals surface area contributed by atoms with Gasteiger partial charge in [-0.2, -0.15) is 11.8 Å². The summed E-state index contributed by atoms with van der Waals surface area (Å²) >= 11 is 1.83. The highest BCUT2D eigenvalue weighted by atomic mass is 32.2. The number of thioether (sulfide) groups is 1. The molecule has 0 radical (unpaired) electrons. The summed E-state index contributed by atoms with van der Waals surface area (Å²) in [4.78, 5) is 10.9. The van der Waals surface area contributed by atoms with Crippen LogP contribution in [0.15, 0.2) is 0 Å². The zero-order valence-electron chi connectivity index (χ0n) is 10.5. The molecule has 0 rings (SSSR count). The van der Waals surface area contributed by atoms with Gasteiger partial charge in [0, 0.05) is 18.3 Å². The second kappa shape index (κ2) is 11.2. The van der Waals surface area contributed by atoms with Crippen molar-refractivity contribution in [2.45, 2.75) is 26.3 Å². The smallest absolute Gasteiger partial charge is 0.332 e. The first-order valence-electron chi connectivity index (χ1n) is 5.70. The summed E-state index contributed by atoms with van der Waals surface area (Å²) in [6.45, 7) is 5.73. The fourth-order valence-electron chi connectivity index (χ4n) is 1.22. The minimum Gasteiger partial charge on any atom is -0.464 e. The third-order valence-corrected chi connectivity index (χ3v) is 2.80. The van der Waals surface area contributed by atoms with Crippen LogP contribution in [0, 0.1) is 0 Å². The lowest BCUT2D eigenvalue weighted by Crippen LogP contribution is -2.33. The molecule has 0 saturated carbocycles. The molecule has 96 valence electrons. The molecule has 0 aliphatic carbocycles. The molecule has 0 bridgehead atoms. The summed E-state index contributed by atoms with van der Waals surface area (Å²) in [6.07, 6.45) is 3.21. The molecule has 0 amide bonds. The molecule has 5 heteroatoms. The van der Waals surface area contributed by atoms with Crippen LogP contribution in [0.2, 0.25) is 0 Å². The highest BCUT2D eigenvalue weighted by Gasteiger charge is 2.04. The van der Waals surface area contributed by atoms with Crippen molar-refractivity contribution in [3.8, 4) is 0 Å². The normalized spacial score (nSPS) is 12.4. The summed E-state index contributed by atoms with van der Waals surface area (Å²) in [5, 5.41) is 3.38. The standard InChI is InChI=1S/C11H23NO3S/c1-4-10(9-16-3)12-6-7-14-8-11(13)15-5-2/h10,12H,4-9H2,1-3H3. The van der Waals surface area contributed by atoms with E-state index in [0.29, 0.717) is 19.3 Å². The van der Waals surface area contributed by atoms with Gasteiger partial charge in [0.1, 0.15) is 6.61 Å². The Morgan fingerprint density at radius 2 is 2.19 bits per heavy atom. The maximum absolute atomic E-state index is 10.9. The van der Waals surface area contributed by atoms with Crippen molar-refractivity contribution >= 4 is 17.7 Å². The molecule has 0 aliphatic heterocycles. The van der Waals surface area contributed by atoms with Crippen LogP contribution in [0.3, 0.4) is 0 Å². The Morgan fingerprint density at radius 1 is 1.44 bits per heavy atom. The summed E-state index contributed by atoms with van der Waals surface area (Å²) in [5.41, 5.74) is 0. The maximum Gasteiger partial charge on any atom is 0.332 e. The predicted molar refractivity (Wildman–Crippen MR) is 67.9 cm³/mol. The van der Waals surface area contributed by atoms with Crippen LogP contribution in [0.4, 0.5) is 0 Å². The summed E-state index contributed by atoms with van der Waals surface area (Å²) in [6, 6.07) is 0.529. The Hall–Kier alpha value is -0.260. The Labute approximate surface area is 102 Å². The number of hydrogen-bond donors (Lipinski definition) is 1. The van der Waals surface area contributed by atoms with E-state index in [1.54, 1.807) is 6.92 Å². The van der Waals surface area contributed by atoms with Crippen molar-refractivity contribution < 1.29 is 14.3 Å². The van der Waals surface area contributed by atoms with Crippen LogP contribution in [-0.2, 0) is 14.3 Å². The Balaban J connectivity index is 3.34. The first-order valence-corrected chi connectivity index (χ1v) is 7.09. The summed E-state index contributed by atoms with van der Waals surface area (Å²) < 4.78 is 9.92. The number of carbonyl (C=O) groups is 1. The van der Waals surface area contributed by atoms with Crippen LogP contribution in [0.1, 0.15) is 20.3 Å². The molecule has 0 aromatic rings. The van der Waals surface area contributed by atoms with Gasteiger partial charge in [-0.15, -0.1) is 0 Å². The molecule has 1 N–H and O–H groups in total. The van der Waals surface area contributed by atoms with E-state index >= 15 is 0 Å².